The minimum absolute atomic E-state index is 0.176. The number of ketones is 1. The van der Waals surface area contributed by atoms with Gasteiger partial charge in [-0.2, -0.15) is 0 Å². The molecular formula is C29H35ClN4O6. The quantitative estimate of drug-likeness (QED) is 0.414. The zero-order chi connectivity index (χ0) is 29.0. The van der Waals surface area contributed by atoms with Crippen molar-refractivity contribution in [1.82, 2.24) is 15.5 Å². The first-order valence-corrected chi connectivity index (χ1v) is 13.6. The molecule has 0 aliphatic carbocycles. The van der Waals surface area contributed by atoms with Gasteiger partial charge in [0.05, 0.1) is 17.3 Å². The fourth-order valence-corrected chi connectivity index (χ4v) is 4.98. The van der Waals surface area contributed by atoms with Gasteiger partial charge in [-0.3, -0.25) is 19.2 Å². The highest BCUT2D eigenvalue weighted by molar-refractivity contribution is 6.33. The van der Waals surface area contributed by atoms with Gasteiger partial charge in [-0.05, 0) is 42.0 Å². The molecule has 4 rings (SSSR count). The van der Waals surface area contributed by atoms with Crippen molar-refractivity contribution in [2.24, 2.45) is 5.41 Å². The zero-order valence-electron chi connectivity index (χ0n) is 22.8. The molecule has 40 heavy (non-hydrogen) atoms. The molecule has 2 aliphatic rings. The number of hydrogen-bond donors (Lipinski definition) is 3. The minimum Gasteiger partial charge on any atom is -0.398 e. The van der Waals surface area contributed by atoms with Crippen LogP contribution in [0.2, 0.25) is 5.02 Å². The van der Waals surface area contributed by atoms with Crippen LogP contribution in [0.4, 0.5) is 5.69 Å². The summed E-state index contributed by atoms with van der Waals surface area (Å²) in [5.74, 6) is -1.63. The number of nitrogen functional groups attached to an aromatic ring is 1. The Balaban J connectivity index is 1.44. The van der Waals surface area contributed by atoms with Gasteiger partial charge in [0.25, 0.3) is 5.91 Å². The van der Waals surface area contributed by atoms with E-state index in [0.29, 0.717) is 25.1 Å². The lowest BCUT2D eigenvalue weighted by Gasteiger charge is -2.35. The number of anilines is 1. The van der Waals surface area contributed by atoms with Crippen molar-refractivity contribution in [3.63, 3.8) is 0 Å². The van der Waals surface area contributed by atoms with E-state index in [4.69, 9.17) is 26.8 Å². The maximum Gasteiger partial charge on any atom is 0.252 e. The third kappa shape index (κ3) is 6.80. The van der Waals surface area contributed by atoms with E-state index in [9.17, 15) is 19.2 Å². The van der Waals surface area contributed by atoms with Crippen LogP contribution >= 0.6 is 11.6 Å². The van der Waals surface area contributed by atoms with Gasteiger partial charge in [-0.15, -0.1) is 0 Å². The summed E-state index contributed by atoms with van der Waals surface area (Å²) in [4.78, 5) is 54.2. The number of nitrogens with one attached hydrogen (secondary N) is 2. The second-order valence-electron chi connectivity index (χ2n) is 11.1. The van der Waals surface area contributed by atoms with Gasteiger partial charge >= 0.3 is 0 Å². The summed E-state index contributed by atoms with van der Waals surface area (Å²) in [5.41, 5.74) is 6.59. The number of halogens is 1. The predicted molar refractivity (Wildman–Crippen MR) is 149 cm³/mol. The van der Waals surface area contributed by atoms with Gasteiger partial charge in [0.2, 0.25) is 11.8 Å². The number of amides is 3. The fraction of sp³-hybridized carbons (Fsp3) is 0.448. The Morgan fingerprint density at radius 3 is 2.58 bits per heavy atom. The van der Waals surface area contributed by atoms with Crippen LogP contribution in [0.1, 0.15) is 49.5 Å². The van der Waals surface area contributed by atoms with E-state index < -0.39 is 41.6 Å². The van der Waals surface area contributed by atoms with Crippen LogP contribution in [0.5, 0.6) is 0 Å². The zero-order valence-corrected chi connectivity index (χ0v) is 23.6. The average molecular weight is 571 g/mol. The Kier molecular flexibility index (Phi) is 9.12. The molecule has 4 unspecified atom stereocenters. The Labute approximate surface area is 238 Å². The molecule has 4 N–H and O–H groups in total. The molecule has 4 atom stereocenters. The van der Waals surface area contributed by atoms with Crippen molar-refractivity contribution in [1.29, 1.82) is 0 Å². The van der Waals surface area contributed by atoms with Gasteiger partial charge < -0.3 is 30.7 Å². The summed E-state index contributed by atoms with van der Waals surface area (Å²) >= 11 is 6.08. The molecule has 2 saturated heterocycles. The van der Waals surface area contributed by atoms with Gasteiger partial charge in [0.15, 0.2) is 12.1 Å². The SMILES string of the molecule is CC(C)(C)C(NC(=O)c1ccc(N)c(Cl)c1)C(=O)N1CCCC1C(=O)NC1C(=O)COC1OCc1ccccc1. The van der Waals surface area contributed by atoms with Crippen molar-refractivity contribution in [3.8, 4) is 0 Å². The van der Waals surface area contributed by atoms with Gasteiger partial charge in [-0.1, -0.05) is 62.7 Å². The monoisotopic (exact) mass is 570 g/mol. The van der Waals surface area contributed by atoms with Gasteiger partial charge in [-0.25, -0.2) is 0 Å². The van der Waals surface area contributed by atoms with Crippen molar-refractivity contribution >= 4 is 40.8 Å². The van der Waals surface area contributed by atoms with E-state index in [1.807, 2.05) is 51.1 Å². The number of carbonyl (C=O) groups excluding carboxylic acids is 4. The highest BCUT2D eigenvalue weighted by Gasteiger charge is 2.44. The lowest BCUT2D eigenvalue weighted by molar-refractivity contribution is -0.146. The molecule has 0 radical (unpaired) electrons. The molecule has 0 aromatic heterocycles. The highest BCUT2D eigenvalue weighted by atomic mass is 35.5. The fourth-order valence-electron chi connectivity index (χ4n) is 4.80. The Morgan fingerprint density at radius 2 is 1.90 bits per heavy atom. The number of Topliss-reactive ketones (excluding diaryl/α,β-unsaturated/α-hetero) is 1. The molecule has 2 heterocycles. The van der Waals surface area contributed by atoms with E-state index in [1.165, 1.54) is 23.1 Å². The first kappa shape index (κ1) is 29.5. The summed E-state index contributed by atoms with van der Waals surface area (Å²) in [6.07, 6.45) is 0.0916. The molecule has 2 aromatic carbocycles. The first-order valence-electron chi connectivity index (χ1n) is 13.2. The summed E-state index contributed by atoms with van der Waals surface area (Å²) in [5, 5.41) is 5.81. The number of rotatable bonds is 8. The Bertz CT molecular complexity index is 1260. The number of nitrogens with zero attached hydrogens (tertiary/aromatic N) is 1. The van der Waals surface area contributed by atoms with Crippen LogP contribution in [-0.2, 0) is 30.5 Å². The molecule has 2 fully saturated rings. The van der Waals surface area contributed by atoms with Gasteiger partial charge in [0.1, 0.15) is 24.7 Å². The topological polar surface area (TPSA) is 140 Å². The molecule has 10 nitrogen and oxygen atoms in total. The van der Waals surface area contributed by atoms with Crippen molar-refractivity contribution in [3.05, 3.63) is 64.7 Å². The molecule has 214 valence electrons. The lowest BCUT2D eigenvalue weighted by atomic mass is 9.85. The second-order valence-corrected chi connectivity index (χ2v) is 11.5. The third-order valence-corrected chi connectivity index (χ3v) is 7.38. The molecule has 2 aliphatic heterocycles. The van der Waals surface area contributed by atoms with Crippen molar-refractivity contribution in [2.75, 3.05) is 18.9 Å². The number of nitrogens with two attached hydrogens (primary N) is 1. The Morgan fingerprint density at radius 1 is 1.18 bits per heavy atom. The average Bonchev–Trinajstić information content (AvgIpc) is 3.54. The summed E-state index contributed by atoms with van der Waals surface area (Å²) in [6.45, 7) is 5.88. The second kappa shape index (κ2) is 12.4. The summed E-state index contributed by atoms with van der Waals surface area (Å²) in [7, 11) is 0. The molecule has 0 spiro atoms. The molecule has 2 aromatic rings. The number of ether oxygens (including phenoxy) is 2. The maximum atomic E-state index is 13.8. The van der Waals surface area contributed by atoms with Crippen molar-refractivity contribution in [2.45, 2.75) is 64.6 Å². The van der Waals surface area contributed by atoms with Crippen LogP contribution in [0.25, 0.3) is 0 Å². The van der Waals surface area contributed by atoms with Crippen LogP contribution in [-0.4, -0.2) is 66.0 Å². The molecule has 11 heteroatoms. The third-order valence-electron chi connectivity index (χ3n) is 7.05. The largest absolute Gasteiger partial charge is 0.398 e. The number of likely N-dealkylation sites (tertiary alicyclic amines) is 1. The van der Waals surface area contributed by atoms with Gasteiger partial charge in [0, 0.05) is 12.1 Å². The van der Waals surface area contributed by atoms with E-state index in [0.717, 1.165) is 5.56 Å². The minimum atomic E-state index is -0.984. The van der Waals surface area contributed by atoms with Crippen molar-refractivity contribution < 1.29 is 28.7 Å². The van der Waals surface area contributed by atoms with E-state index in [2.05, 4.69) is 10.6 Å². The van der Waals surface area contributed by atoms with Crippen LogP contribution in [0.15, 0.2) is 48.5 Å². The molecule has 0 bridgehead atoms. The smallest absolute Gasteiger partial charge is 0.252 e. The maximum absolute atomic E-state index is 13.8. The normalized spacial score (nSPS) is 21.8. The summed E-state index contributed by atoms with van der Waals surface area (Å²) in [6, 6.07) is 11.2. The lowest BCUT2D eigenvalue weighted by Crippen LogP contribution is -2.59. The van der Waals surface area contributed by atoms with E-state index >= 15 is 0 Å². The van der Waals surface area contributed by atoms with Crippen LogP contribution in [0.3, 0.4) is 0 Å². The first-order chi connectivity index (χ1) is 19.0. The number of carbonyl (C=O) groups is 4. The highest BCUT2D eigenvalue weighted by Crippen LogP contribution is 2.27. The van der Waals surface area contributed by atoms with E-state index in [1.54, 1.807) is 0 Å². The van der Waals surface area contributed by atoms with Crippen LogP contribution < -0.4 is 16.4 Å². The Hall–Kier alpha value is -3.47. The molecule has 0 saturated carbocycles. The predicted octanol–water partition coefficient (Wildman–Crippen LogP) is 2.68. The summed E-state index contributed by atoms with van der Waals surface area (Å²) < 4.78 is 11.3. The van der Waals surface area contributed by atoms with E-state index in [-0.39, 0.29) is 35.5 Å². The number of benzene rings is 2. The standard InChI is InChI=1S/C29H35ClN4O6/c1-29(2,3)24(33-25(36)18-11-12-20(31)19(30)14-18)27(38)34-13-7-10-21(34)26(37)32-23-22(35)16-40-28(23)39-15-17-8-5-4-6-9-17/h4-6,8-9,11-12,14,21,23-24,28H,7,10,13,15-16,31H2,1-3H3,(H,32,37)(H,33,36). The number of hydrogen-bond acceptors (Lipinski definition) is 7. The molecule has 3 amide bonds. The molecular weight excluding hydrogens is 536 g/mol. The van der Waals surface area contributed by atoms with Crippen LogP contribution in [0, 0.1) is 5.41 Å².